The first-order valence-electron chi connectivity index (χ1n) is 4.54. The van der Waals surface area contributed by atoms with Crippen LogP contribution in [0.15, 0.2) is 4.99 Å². The third-order valence-electron chi connectivity index (χ3n) is 2.11. The zero-order valence-corrected chi connectivity index (χ0v) is 7.72. The number of nitrogens with one attached hydrogen (secondary N) is 1. The van der Waals surface area contributed by atoms with E-state index < -0.39 is 0 Å². The van der Waals surface area contributed by atoms with E-state index in [-0.39, 0.29) is 0 Å². The highest BCUT2D eigenvalue weighted by atomic mass is 15.0. The minimum Gasteiger partial charge on any atom is -0.307 e. The van der Waals surface area contributed by atoms with Crippen LogP contribution in [0.2, 0.25) is 0 Å². The average molecular weight is 154 g/mol. The second kappa shape index (κ2) is 3.86. The highest BCUT2D eigenvalue weighted by Crippen LogP contribution is 2.06. The molecule has 64 valence electrons. The first kappa shape index (κ1) is 8.72. The van der Waals surface area contributed by atoms with Gasteiger partial charge in [-0.25, -0.2) is 0 Å². The molecule has 11 heavy (non-hydrogen) atoms. The molecule has 1 rings (SSSR count). The van der Waals surface area contributed by atoms with Gasteiger partial charge in [0.25, 0.3) is 0 Å². The molecular formula is C9H18N2. The Balaban J connectivity index is 2.56. The van der Waals surface area contributed by atoms with E-state index in [1.807, 2.05) is 0 Å². The van der Waals surface area contributed by atoms with Crippen LogP contribution in [0.5, 0.6) is 0 Å². The van der Waals surface area contributed by atoms with Crippen molar-refractivity contribution >= 4 is 5.71 Å². The van der Waals surface area contributed by atoms with Gasteiger partial charge in [-0.2, -0.15) is 0 Å². The van der Waals surface area contributed by atoms with Gasteiger partial charge in [0.05, 0.1) is 6.04 Å². The second-order valence-electron chi connectivity index (χ2n) is 3.35. The third-order valence-corrected chi connectivity index (χ3v) is 2.11. The summed E-state index contributed by atoms with van der Waals surface area (Å²) in [5.41, 5.74) is 1.35. The second-order valence-corrected chi connectivity index (χ2v) is 3.35. The molecule has 1 aliphatic heterocycles. The Hall–Kier alpha value is -0.370. The Kier molecular flexibility index (Phi) is 3.06. The lowest BCUT2D eigenvalue weighted by Gasteiger charge is -2.24. The Morgan fingerprint density at radius 2 is 2.27 bits per heavy atom. The zero-order chi connectivity index (χ0) is 8.27. The van der Waals surface area contributed by atoms with Crippen LogP contribution < -0.4 is 5.32 Å². The van der Waals surface area contributed by atoms with Crippen LogP contribution in [0.4, 0.5) is 0 Å². The largest absolute Gasteiger partial charge is 0.307 e. The lowest BCUT2D eigenvalue weighted by Crippen LogP contribution is -2.42. The van der Waals surface area contributed by atoms with Gasteiger partial charge in [-0.05, 0) is 20.3 Å². The predicted molar refractivity (Wildman–Crippen MR) is 49.3 cm³/mol. The number of hydrogen-bond acceptors (Lipinski definition) is 2. The lowest BCUT2D eigenvalue weighted by atomic mass is 10.1. The summed E-state index contributed by atoms with van der Waals surface area (Å²) in [5, 5.41) is 3.44. The molecule has 0 saturated carbocycles. The topological polar surface area (TPSA) is 24.4 Å². The summed E-state index contributed by atoms with van der Waals surface area (Å²) in [6.07, 6.45) is 2.36. The SMILES string of the molecule is CCCC1=N[C@H](C)CN[C@@H]1C. The van der Waals surface area contributed by atoms with Crippen LogP contribution in [0.1, 0.15) is 33.6 Å². The van der Waals surface area contributed by atoms with Crippen molar-refractivity contribution in [1.29, 1.82) is 0 Å². The molecule has 0 fully saturated rings. The van der Waals surface area contributed by atoms with E-state index in [2.05, 4.69) is 31.1 Å². The summed E-state index contributed by atoms with van der Waals surface area (Å²) in [6, 6.07) is 0.985. The molecule has 2 heteroatoms. The summed E-state index contributed by atoms with van der Waals surface area (Å²) in [7, 11) is 0. The molecule has 0 saturated heterocycles. The van der Waals surface area contributed by atoms with Gasteiger partial charge in [0.15, 0.2) is 0 Å². The van der Waals surface area contributed by atoms with Crippen molar-refractivity contribution in [2.45, 2.75) is 45.7 Å². The fourth-order valence-corrected chi connectivity index (χ4v) is 1.44. The molecule has 0 aromatic rings. The van der Waals surface area contributed by atoms with Crippen LogP contribution in [-0.4, -0.2) is 24.3 Å². The highest BCUT2D eigenvalue weighted by Gasteiger charge is 2.16. The Bertz CT molecular complexity index is 152. The smallest absolute Gasteiger partial charge is 0.0596 e. The maximum Gasteiger partial charge on any atom is 0.0596 e. The Labute approximate surface area is 69.1 Å². The minimum absolute atomic E-state index is 0.479. The number of hydrogen-bond donors (Lipinski definition) is 1. The van der Waals surface area contributed by atoms with Crippen molar-refractivity contribution in [3.05, 3.63) is 0 Å². The summed E-state index contributed by atoms with van der Waals surface area (Å²) in [5.74, 6) is 0. The number of rotatable bonds is 2. The fourth-order valence-electron chi connectivity index (χ4n) is 1.44. The standard InChI is InChI=1S/C9H18N2/c1-4-5-9-8(3)10-6-7(2)11-9/h7-8,10H,4-6H2,1-3H3/t7-,8-/m1/s1. The molecule has 0 bridgehead atoms. The van der Waals surface area contributed by atoms with E-state index in [0.717, 1.165) is 13.0 Å². The summed E-state index contributed by atoms with van der Waals surface area (Å²) in [6.45, 7) is 7.60. The molecular weight excluding hydrogens is 136 g/mol. The van der Waals surface area contributed by atoms with Crippen molar-refractivity contribution in [2.24, 2.45) is 4.99 Å². The van der Waals surface area contributed by atoms with Gasteiger partial charge < -0.3 is 5.32 Å². The highest BCUT2D eigenvalue weighted by molar-refractivity contribution is 5.89. The summed E-state index contributed by atoms with van der Waals surface area (Å²) in [4.78, 5) is 4.61. The Morgan fingerprint density at radius 3 is 2.91 bits per heavy atom. The average Bonchev–Trinajstić information content (AvgIpc) is 1.98. The molecule has 1 N–H and O–H groups in total. The summed E-state index contributed by atoms with van der Waals surface area (Å²) >= 11 is 0. The van der Waals surface area contributed by atoms with Crippen molar-refractivity contribution in [3.63, 3.8) is 0 Å². The predicted octanol–water partition coefficient (Wildman–Crippen LogP) is 1.61. The van der Waals surface area contributed by atoms with Gasteiger partial charge in [-0.15, -0.1) is 0 Å². The molecule has 0 spiro atoms. The molecule has 1 heterocycles. The third kappa shape index (κ3) is 2.29. The van der Waals surface area contributed by atoms with Crippen LogP contribution in [0, 0.1) is 0 Å². The van der Waals surface area contributed by atoms with E-state index in [4.69, 9.17) is 0 Å². The van der Waals surface area contributed by atoms with Crippen LogP contribution >= 0.6 is 0 Å². The van der Waals surface area contributed by atoms with Gasteiger partial charge >= 0.3 is 0 Å². The molecule has 0 aromatic carbocycles. The molecule has 2 atom stereocenters. The number of nitrogens with zero attached hydrogens (tertiary/aromatic N) is 1. The van der Waals surface area contributed by atoms with Gasteiger partial charge in [0, 0.05) is 18.3 Å². The first-order chi connectivity index (χ1) is 5.24. The Morgan fingerprint density at radius 1 is 1.55 bits per heavy atom. The van der Waals surface area contributed by atoms with E-state index >= 15 is 0 Å². The molecule has 0 amide bonds. The van der Waals surface area contributed by atoms with Gasteiger partial charge in [0.2, 0.25) is 0 Å². The summed E-state index contributed by atoms with van der Waals surface area (Å²) < 4.78 is 0. The van der Waals surface area contributed by atoms with Crippen molar-refractivity contribution in [2.75, 3.05) is 6.54 Å². The van der Waals surface area contributed by atoms with Crippen LogP contribution in [0.3, 0.4) is 0 Å². The van der Waals surface area contributed by atoms with Crippen LogP contribution in [-0.2, 0) is 0 Å². The van der Waals surface area contributed by atoms with E-state index in [9.17, 15) is 0 Å². The van der Waals surface area contributed by atoms with E-state index in [1.165, 1.54) is 12.1 Å². The fraction of sp³-hybridized carbons (Fsp3) is 0.889. The molecule has 0 aliphatic carbocycles. The van der Waals surface area contributed by atoms with E-state index in [0.29, 0.717) is 12.1 Å². The van der Waals surface area contributed by atoms with Gasteiger partial charge in [0.1, 0.15) is 0 Å². The van der Waals surface area contributed by atoms with Crippen LogP contribution in [0.25, 0.3) is 0 Å². The first-order valence-corrected chi connectivity index (χ1v) is 4.54. The van der Waals surface area contributed by atoms with Gasteiger partial charge in [-0.1, -0.05) is 13.3 Å². The van der Waals surface area contributed by atoms with Crippen molar-refractivity contribution in [1.82, 2.24) is 5.32 Å². The van der Waals surface area contributed by atoms with Crippen molar-refractivity contribution < 1.29 is 0 Å². The molecule has 0 radical (unpaired) electrons. The molecule has 2 nitrogen and oxygen atoms in total. The normalized spacial score (nSPS) is 31.7. The quantitative estimate of drug-likeness (QED) is 0.642. The van der Waals surface area contributed by atoms with E-state index in [1.54, 1.807) is 0 Å². The maximum atomic E-state index is 4.61. The molecule has 1 aliphatic rings. The van der Waals surface area contributed by atoms with Crippen molar-refractivity contribution in [3.8, 4) is 0 Å². The van der Waals surface area contributed by atoms with Gasteiger partial charge in [-0.3, -0.25) is 4.99 Å². The monoisotopic (exact) mass is 154 g/mol. The maximum absolute atomic E-state index is 4.61. The molecule has 0 unspecified atom stereocenters. The lowest BCUT2D eigenvalue weighted by molar-refractivity contribution is 0.548. The molecule has 0 aromatic heterocycles. The zero-order valence-electron chi connectivity index (χ0n) is 7.72. The minimum atomic E-state index is 0.479. The number of aliphatic imine (C=N–C) groups is 1.